The Morgan fingerprint density at radius 2 is 2.56 bits per heavy atom. The van der Waals surface area contributed by atoms with Crippen molar-refractivity contribution >= 4 is 12.0 Å². The van der Waals surface area contributed by atoms with Gasteiger partial charge in [0, 0.05) is 6.07 Å². The van der Waals surface area contributed by atoms with Crippen molar-refractivity contribution in [3.8, 4) is 0 Å². The van der Waals surface area contributed by atoms with Crippen LogP contribution in [0.15, 0.2) is 23.3 Å². The van der Waals surface area contributed by atoms with Crippen LogP contribution in [0.2, 0.25) is 0 Å². The molecule has 0 aromatic carbocycles. The van der Waals surface area contributed by atoms with Gasteiger partial charge in [0.2, 0.25) is 0 Å². The second-order valence-corrected chi connectivity index (χ2v) is 1.88. The molecule has 1 aromatic rings. The first-order valence-electron chi connectivity index (χ1n) is 2.84. The standard InChI is InChI=1S/C6H6N3/c1-2-6-7-4-5-9(6)8-3-1/h1-4H,5H2/q+1. The first kappa shape index (κ1) is 4.61. The lowest BCUT2D eigenvalue weighted by atomic mass is 10.5. The highest BCUT2D eigenvalue weighted by Gasteiger charge is 2.13. The molecule has 44 valence electrons. The van der Waals surface area contributed by atoms with Crippen molar-refractivity contribution < 1.29 is 4.68 Å². The average Bonchev–Trinajstić information content (AvgIpc) is 2.33. The Hall–Kier alpha value is -1.25. The van der Waals surface area contributed by atoms with Crippen LogP contribution in [0.5, 0.6) is 0 Å². The maximum atomic E-state index is 4.07. The van der Waals surface area contributed by atoms with Crippen molar-refractivity contribution in [1.82, 2.24) is 5.10 Å². The summed E-state index contributed by atoms with van der Waals surface area (Å²) in [6, 6.07) is 3.82. The first-order valence-corrected chi connectivity index (χ1v) is 2.84. The van der Waals surface area contributed by atoms with Crippen LogP contribution in [0.3, 0.4) is 0 Å². The SMILES string of the molecule is C1=Nc2cccn[n+]2C1. The van der Waals surface area contributed by atoms with Gasteiger partial charge in [-0.05, 0) is 11.1 Å². The molecule has 1 aromatic heterocycles. The van der Waals surface area contributed by atoms with Crippen molar-refractivity contribution in [2.45, 2.75) is 6.54 Å². The molecule has 0 aliphatic carbocycles. The van der Waals surface area contributed by atoms with Gasteiger partial charge in [-0.1, -0.05) is 5.10 Å². The molecule has 2 rings (SSSR count). The molecule has 0 atom stereocenters. The molecule has 0 N–H and O–H groups in total. The van der Waals surface area contributed by atoms with E-state index < -0.39 is 0 Å². The van der Waals surface area contributed by atoms with Crippen molar-refractivity contribution in [3.63, 3.8) is 0 Å². The summed E-state index contributed by atoms with van der Waals surface area (Å²) in [5.41, 5.74) is 0. The molecule has 3 nitrogen and oxygen atoms in total. The fourth-order valence-corrected chi connectivity index (χ4v) is 0.855. The van der Waals surface area contributed by atoms with Gasteiger partial charge < -0.3 is 0 Å². The van der Waals surface area contributed by atoms with E-state index >= 15 is 0 Å². The topological polar surface area (TPSA) is 29.1 Å². The minimum Gasteiger partial charge on any atom is -0.123 e. The van der Waals surface area contributed by atoms with Crippen LogP contribution in [-0.2, 0) is 6.54 Å². The van der Waals surface area contributed by atoms with Gasteiger partial charge in [0.15, 0.2) is 12.8 Å². The maximum Gasteiger partial charge on any atom is 0.343 e. The molecule has 3 heteroatoms. The fraction of sp³-hybridized carbons (Fsp3) is 0.167. The Bertz CT molecular complexity index is 254. The van der Waals surface area contributed by atoms with E-state index in [-0.39, 0.29) is 0 Å². The third kappa shape index (κ3) is 0.614. The molecule has 0 spiro atoms. The zero-order valence-corrected chi connectivity index (χ0v) is 4.86. The highest BCUT2D eigenvalue weighted by atomic mass is 15.3. The molecule has 0 radical (unpaired) electrons. The second-order valence-electron chi connectivity index (χ2n) is 1.88. The van der Waals surface area contributed by atoms with Crippen molar-refractivity contribution in [2.75, 3.05) is 0 Å². The number of hydrogen-bond donors (Lipinski definition) is 0. The predicted molar refractivity (Wildman–Crippen MR) is 32.6 cm³/mol. The summed E-state index contributed by atoms with van der Waals surface area (Å²) in [7, 11) is 0. The van der Waals surface area contributed by atoms with E-state index in [1.54, 1.807) is 6.20 Å². The van der Waals surface area contributed by atoms with Gasteiger partial charge in [0.25, 0.3) is 0 Å². The molecule has 0 saturated carbocycles. The minimum absolute atomic E-state index is 0.816. The lowest BCUT2D eigenvalue weighted by Crippen LogP contribution is -2.35. The minimum atomic E-state index is 0.816. The van der Waals surface area contributed by atoms with Crippen LogP contribution in [-0.4, -0.2) is 11.3 Å². The summed E-state index contributed by atoms with van der Waals surface area (Å²) in [4.78, 5) is 4.07. The van der Waals surface area contributed by atoms with Gasteiger partial charge in [0.1, 0.15) is 0 Å². The molecule has 0 bridgehead atoms. The quantitative estimate of drug-likeness (QED) is 0.446. The summed E-state index contributed by atoms with van der Waals surface area (Å²) >= 11 is 0. The lowest BCUT2D eigenvalue weighted by Gasteiger charge is -1.84. The van der Waals surface area contributed by atoms with Crippen molar-refractivity contribution in [3.05, 3.63) is 18.3 Å². The monoisotopic (exact) mass is 120 g/mol. The predicted octanol–water partition coefficient (Wildman–Crippen LogP) is 0.0850. The van der Waals surface area contributed by atoms with Crippen LogP contribution in [0.1, 0.15) is 0 Å². The van der Waals surface area contributed by atoms with Gasteiger partial charge >= 0.3 is 5.82 Å². The first-order chi connectivity index (χ1) is 4.47. The van der Waals surface area contributed by atoms with Gasteiger partial charge in [-0.25, -0.2) is 0 Å². The van der Waals surface area contributed by atoms with Crippen LogP contribution in [0, 0.1) is 0 Å². The summed E-state index contributed by atoms with van der Waals surface area (Å²) in [6.45, 7) is 0.816. The average molecular weight is 120 g/mol. The Balaban J connectivity index is 2.63. The van der Waals surface area contributed by atoms with Gasteiger partial charge in [-0.3, -0.25) is 0 Å². The van der Waals surface area contributed by atoms with Crippen LogP contribution in [0.25, 0.3) is 0 Å². The molecule has 0 amide bonds. The van der Waals surface area contributed by atoms with Crippen molar-refractivity contribution in [2.24, 2.45) is 4.99 Å². The fourth-order valence-electron chi connectivity index (χ4n) is 0.855. The van der Waals surface area contributed by atoms with Crippen LogP contribution < -0.4 is 4.68 Å². The summed E-state index contributed by atoms with van der Waals surface area (Å²) in [5, 5.41) is 4.05. The van der Waals surface area contributed by atoms with E-state index in [0.717, 1.165) is 12.4 Å². The van der Waals surface area contributed by atoms with E-state index in [0.29, 0.717) is 0 Å². The van der Waals surface area contributed by atoms with E-state index in [1.165, 1.54) is 0 Å². The van der Waals surface area contributed by atoms with Crippen LogP contribution in [0.4, 0.5) is 5.82 Å². The Morgan fingerprint density at radius 3 is 3.44 bits per heavy atom. The molecule has 9 heavy (non-hydrogen) atoms. The third-order valence-corrected chi connectivity index (χ3v) is 1.28. The van der Waals surface area contributed by atoms with Crippen molar-refractivity contribution in [1.29, 1.82) is 0 Å². The molecular formula is C6H6N3+. The second kappa shape index (κ2) is 1.62. The molecule has 0 unspecified atom stereocenters. The maximum absolute atomic E-state index is 4.07. The van der Waals surface area contributed by atoms with Gasteiger partial charge in [0.05, 0.1) is 6.20 Å². The summed E-state index contributed by atoms with van der Waals surface area (Å²) in [5.74, 6) is 0.942. The Kier molecular flexibility index (Phi) is 0.828. The number of aromatic nitrogens is 2. The molecule has 2 heterocycles. The normalized spacial score (nSPS) is 13.8. The number of fused-ring (bicyclic) bond motifs is 1. The van der Waals surface area contributed by atoms with E-state index in [4.69, 9.17) is 0 Å². The number of hydrogen-bond acceptors (Lipinski definition) is 2. The highest BCUT2D eigenvalue weighted by molar-refractivity contribution is 5.61. The van der Waals surface area contributed by atoms with E-state index in [2.05, 4.69) is 10.1 Å². The summed E-state index contributed by atoms with van der Waals surface area (Å²) < 4.78 is 1.85. The smallest absolute Gasteiger partial charge is 0.123 e. The number of rotatable bonds is 0. The summed E-state index contributed by atoms with van der Waals surface area (Å²) in [6.07, 6.45) is 3.61. The molecular weight excluding hydrogens is 114 g/mol. The largest absolute Gasteiger partial charge is 0.343 e. The number of aliphatic imine (C=N–C) groups is 1. The lowest BCUT2D eigenvalue weighted by molar-refractivity contribution is -0.723. The Morgan fingerprint density at radius 1 is 1.56 bits per heavy atom. The zero-order chi connectivity index (χ0) is 6.10. The molecule has 0 fully saturated rings. The highest BCUT2D eigenvalue weighted by Crippen LogP contribution is 2.03. The van der Waals surface area contributed by atoms with Gasteiger partial charge in [-0.2, -0.15) is 0 Å². The molecule has 1 aliphatic rings. The zero-order valence-electron chi connectivity index (χ0n) is 4.86. The van der Waals surface area contributed by atoms with E-state index in [9.17, 15) is 0 Å². The molecule has 1 aliphatic heterocycles. The third-order valence-electron chi connectivity index (χ3n) is 1.28. The number of nitrogens with zero attached hydrogens (tertiary/aromatic N) is 3. The van der Waals surface area contributed by atoms with Gasteiger partial charge in [-0.15, -0.1) is 4.68 Å². The van der Waals surface area contributed by atoms with E-state index in [1.807, 2.05) is 23.0 Å². The van der Waals surface area contributed by atoms with Crippen LogP contribution >= 0.6 is 0 Å². The Labute approximate surface area is 52.7 Å². The molecule has 0 saturated heterocycles.